The molecule has 11 heteroatoms. The van der Waals surface area contributed by atoms with Gasteiger partial charge in [0.25, 0.3) is 5.91 Å². The molecule has 3 heterocycles. The summed E-state index contributed by atoms with van der Waals surface area (Å²) in [4.78, 5) is 34.1. The fraction of sp³-hybridized carbons (Fsp3) is 0.350. The number of aromatic nitrogens is 1. The number of piperazine rings is 1. The lowest BCUT2D eigenvalue weighted by Gasteiger charge is -2.37. The van der Waals surface area contributed by atoms with Gasteiger partial charge in [0.1, 0.15) is 5.82 Å². The van der Waals surface area contributed by atoms with Gasteiger partial charge >= 0.3 is 6.18 Å². The van der Waals surface area contributed by atoms with Gasteiger partial charge in [-0.15, -0.1) is 0 Å². The van der Waals surface area contributed by atoms with E-state index in [0.717, 1.165) is 12.3 Å². The highest BCUT2D eigenvalue weighted by atomic mass is 35.5. The zero-order chi connectivity index (χ0) is 22.3. The van der Waals surface area contributed by atoms with Gasteiger partial charge in [-0.25, -0.2) is 9.88 Å². The summed E-state index contributed by atoms with van der Waals surface area (Å²) in [6.45, 7) is 1.71. The van der Waals surface area contributed by atoms with Crippen molar-refractivity contribution in [3.05, 3.63) is 52.1 Å². The van der Waals surface area contributed by atoms with Gasteiger partial charge in [0.15, 0.2) is 0 Å². The lowest BCUT2D eigenvalue weighted by molar-refractivity contribution is -0.137. The summed E-state index contributed by atoms with van der Waals surface area (Å²) in [7, 11) is 0. The SMILES string of the molecule is O=C1C[C@H](N2CCN(c3ncc(C(F)(F)F)cc3Cl)CC2)C(=O)N1c1ccc(Cl)cc1. The number of anilines is 2. The molecule has 2 fully saturated rings. The van der Waals surface area contributed by atoms with E-state index >= 15 is 0 Å². The predicted molar refractivity (Wildman–Crippen MR) is 110 cm³/mol. The third kappa shape index (κ3) is 4.35. The first-order valence-corrected chi connectivity index (χ1v) is 10.2. The molecule has 2 saturated heterocycles. The van der Waals surface area contributed by atoms with Crippen molar-refractivity contribution in [3.63, 3.8) is 0 Å². The second-order valence-electron chi connectivity index (χ2n) is 7.31. The summed E-state index contributed by atoms with van der Waals surface area (Å²) in [6, 6.07) is 6.75. The van der Waals surface area contributed by atoms with Crippen molar-refractivity contribution in [2.75, 3.05) is 36.0 Å². The molecule has 2 aliphatic rings. The van der Waals surface area contributed by atoms with Crippen molar-refractivity contribution >= 4 is 46.5 Å². The first-order chi connectivity index (χ1) is 14.6. The molecule has 2 aromatic rings. The quantitative estimate of drug-likeness (QED) is 0.634. The average Bonchev–Trinajstić information content (AvgIpc) is 3.02. The molecule has 0 N–H and O–H groups in total. The Balaban J connectivity index is 1.43. The van der Waals surface area contributed by atoms with Gasteiger partial charge in [0.2, 0.25) is 5.91 Å². The summed E-state index contributed by atoms with van der Waals surface area (Å²) < 4.78 is 38.5. The number of halogens is 5. The Hall–Kier alpha value is -2.36. The third-order valence-electron chi connectivity index (χ3n) is 5.41. The highest BCUT2D eigenvalue weighted by molar-refractivity contribution is 6.33. The summed E-state index contributed by atoms with van der Waals surface area (Å²) in [6.07, 6.45) is -3.68. The lowest BCUT2D eigenvalue weighted by Crippen LogP contribution is -2.52. The van der Waals surface area contributed by atoms with Gasteiger partial charge in [-0.05, 0) is 30.3 Å². The van der Waals surface area contributed by atoms with Gasteiger partial charge in [0.05, 0.1) is 28.7 Å². The fourth-order valence-corrected chi connectivity index (χ4v) is 4.24. The summed E-state index contributed by atoms with van der Waals surface area (Å²) >= 11 is 11.9. The van der Waals surface area contributed by atoms with Crippen molar-refractivity contribution in [1.29, 1.82) is 0 Å². The molecule has 0 spiro atoms. The van der Waals surface area contributed by atoms with E-state index < -0.39 is 17.8 Å². The number of carbonyl (C=O) groups is 2. The van der Waals surface area contributed by atoms with Crippen LogP contribution < -0.4 is 9.80 Å². The smallest absolute Gasteiger partial charge is 0.353 e. The van der Waals surface area contributed by atoms with Crippen LogP contribution in [0.4, 0.5) is 24.7 Å². The number of hydrogen-bond donors (Lipinski definition) is 0. The second kappa shape index (κ2) is 8.29. The maximum atomic E-state index is 12.9. The van der Waals surface area contributed by atoms with Crippen molar-refractivity contribution in [3.8, 4) is 0 Å². The van der Waals surface area contributed by atoms with Crippen LogP contribution in [0.5, 0.6) is 0 Å². The highest BCUT2D eigenvalue weighted by Crippen LogP contribution is 2.34. The lowest BCUT2D eigenvalue weighted by atomic mass is 10.1. The molecule has 4 rings (SSSR count). The number of hydrogen-bond acceptors (Lipinski definition) is 5. The molecule has 31 heavy (non-hydrogen) atoms. The number of pyridine rings is 1. The minimum atomic E-state index is -4.51. The van der Waals surface area contributed by atoms with E-state index in [9.17, 15) is 22.8 Å². The van der Waals surface area contributed by atoms with E-state index in [1.807, 2.05) is 4.90 Å². The van der Waals surface area contributed by atoms with Gasteiger partial charge < -0.3 is 4.90 Å². The summed E-state index contributed by atoms with van der Waals surface area (Å²) in [5.74, 6) is -0.315. The van der Waals surface area contributed by atoms with Gasteiger partial charge in [-0.2, -0.15) is 13.2 Å². The Bertz CT molecular complexity index is 1010. The van der Waals surface area contributed by atoms with Gasteiger partial charge in [-0.1, -0.05) is 23.2 Å². The molecule has 1 atom stereocenters. The van der Waals surface area contributed by atoms with Crippen molar-refractivity contribution in [1.82, 2.24) is 9.88 Å². The Morgan fingerprint density at radius 3 is 2.23 bits per heavy atom. The van der Waals surface area contributed by atoms with E-state index in [1.54, 1.807) is 29.2 Å². The van der Waals surface area contributed by atoms with E-state index in [2.05, 4.69) is 4.98 Å². The standard InChI is InChI=1S/C20H17Cl2F3N4O2/c21-13-1-3-14(4-2-13)29-17(30)10-16(19(29)31)27-5-7-28(8-6-27)18-15(22)9-12(11-26-18)20(23,24)25/h1-4,9,11,16H,5-8,10H2/t16-/m0/s1. The van der Waals surface area contributed by atoms with E-state index in [4.69, 9.17) is 23.2 Å². The number of benzene rings is 1. The number of amides is 2. The average molecular weight is 473 g/mol. The number of alkyl halides is 3. The van der Waals surface area contributed by atoms with Crippen molar-refractivity contribution in [2.45, 2.75) is 18.6 Å². The second-order valence-corrected chi connectivity index (χ2v) is 8.16. The number of carbonyl (C=O) groups excluding carboxylic acids is 2. The van der Waals surface area contributed by atoms with Crippen molar-refractivity contribution < 1.29 is 22.8 Å². The van der Waals surface area contributed by atoms with E-state index in [-0.39, 0.29) is 29.1 Å². The largest absolute Gasteiger partial charge is 0.417 e. The van der Waals surface area contributed by atoms with Crippen LogP contribution in [0.25, 0.3) is 0 Å². The Morgan fingerprint density at radius 1 is 1.00 bits per heavy atom. The topological polar surface area (TPSA) is 56.8 Å². The zero-order valence-corrected chi connectivity index (χ0v) is 17.6. The predicted octanol–water partition coefficient (Wildman–Crippen LogP) is 3.86. The minimum Gasteiger partial charge on any atom is -0.353 e. The highest BCUT2D eigenvalue weighted by Gasteiger charge is 2.43. The fourth-order valence-electron chi connectivity index (χ4n) is 3.83. The zero-order valence-electron chi connectivity index (χ0n) is 16.1. The maximum Gasteiger partial charge on any atom is 0.417 e. The van der Waals surface area contributed by atoms with Crippen LogP contribution in [0.2, 0.25) is 10.0 Å². The molecular weight excluding hydrogens is 456 g/mol. The van der Waals surface area contributed by atoms with Crippen LogP contribution in [0.15, 0.2) is 36.5 Å². The Labute approximate surface area is 186 Å². The summed E-state index contributed by atoms with van der Waals surface area (Å²) in [5.41, 5.74) is -0.432. The number of rotatable bonds is 3. The van der Waals surface area contributed by atoms with Crippen LogP contribution in [0, 0.1) is 0 Å². The molecular formula is C20H17Cl2F3N4O2. The molecule has 0 aliphatic carbocycles. The molecule has 6 nitrogen and oxygen atoms in total. The minimum absolute atomic E-state index is 0.0702. The molecule has 1 aromatic carbocycles. The molecule has 0 radical (unpaired) electrons. The first kappa shape index (κ1) is 21.9. The van der Waals surface area contributed by atoms with Crippen LogP contribution in [-0.4, -0.2) is 53.9 Å². The van der Waals surface area contributed by atoms with Gasteiger partial charge in [0, 0.05) is 37.4 Å². The molecule has 0 saturated carbocycles. The number of imide groups is 1. The first-order valence-electron chi connectivity index (χ1n) is 9.49. The third-order valence-corrected chi connectivity index (χ3v) is 5.94. The number of nitrogens with zero attached hydrogens (tertiary/aromatic N) is 4. The van der Waals surface area contributed by atoms with E-state index in [0.29, 0.717) is 36.9 Å². The molecule has 164 valence electrons. The van der Waals surface area contributed by atoms with Crippen LogP contribution in [0.3, 0.4) is 0 Å². The molecule has 1 aromatic heterocycles. The summed E-state index contributed by atoms with van der Waals surface area (Å²) in [5, 5.41) is 0.426. The van der Waals surface area contributed by atoms with E-state index in [1.165, 1.54) is 4.90 Å². The molecule has 0 unspecified atom stereocenters. The van der Waals surface area contributed by atoms with Gasteiger partial charge in [-0.3, -0.25) is 14.5 Å². The maximum absolute atomic E-state index is 12.9. The Morgan fingerprint density at radius 2 is 1.65 bits per heavy atom. The normalized spacial score (nSPS) is 20.6. The van der Waals surface area contributed by atoms with Crippen LogP contribution in [-0.2, 0) is 15.8 Å². The Kier molecular flexibility index (Phi) is 5.85. The van der Waals surface area contributed by atoms with Crippen LogP contribution in [0.1, 0.15) is 12.0 Å². The van der Waals surface area contributed by atoms with Crippen LogP contribution >= 0.6 is 23.2 Å². The monoisotopic (exact) mass is 472 g/mol. The molecule has 0 bridgehead atoms. The molecule has 2 aliphatic heterocycles. The van der Waals surface area contributed by atoms with Crippen molar-refractivity contribution in [2.24, 2.45) is 0 Å². The molecule has 2 amide bonds.